The van der Waals surface area contributed by atoms with Crippen molar-refractivity contribution in [2.75, 3.05) is 0 Å². The second kappa shape index (κ2) is 19.1. The molecule has 69 heavy (non-hydrogen) atoms. The Morgan fingerprint density at radius 2 is 0.826 bits per heavy atom. The summed E-state index contributed by atoms with van der Waals surface area (Å²) >= 11 is 0. The van der Waals surface area contributed by atoms with Gasteiger partial charge in [-0.25, -0.2) is 52.5 Å². The minimum absolute atomic E-state index is 0. The van der Waals surface area contributed by atoms with Crippen molar-refractivity contribution in [3.05, 3.63) is 166 Å². The number of rotatable bonds is 9. The van der Waals surface area contributed by atoms with Crippen LogP contribution >= 0.6 is 0 Å². The van der Waals surface area contributed by atoms with Gasteiger partial charge in [-0.3, -0.25) is 15.0 Å². The van der Waals surface area contributed by atoms with E-state index in [9.17, 15) is 0 Å². The molecule has 12 aromatic rings. The van der Waals surface area contributed by atoms with E-state index in [1.54, 1.807) is 4.52 Å². The number of hydrogen-bond acceptors (Lipinski definition) is 14. The highest BCUT2D eigenvalue weighted by molar-refractivity contribution is 5.48. The molecule has 0 saturated carbocycles. The molecule has 350 valence electrons. The summed E-state index contributed by atoms with van der Waals surface area (Å²) in [6.45, 7) is 15.9. The van der Waals surface area contributed by atoms with Gasteiger partial charge >= 0.3 is 0 Å². The van der Waals surface area contributed by atoms with Gasteiger partial charge in [-0.05, 0) is 97.7 Å². The first-order valence-corrected chi connectivity index (χ1v) is 22.5. The van der Waals surface area contributed by atoms with Crippen LogP contribution in [0.25, 0.3) is 33.9 Å². The van der Waals surface area contributed by atoms with Gasteiger partial charge in [0.15, 0.2) is 57.4 Å². The monoisotopic (exact) mass is 922 g/mol. The second-order valence-corrected chi connectivity index (χ2v) is 16.9. The lowest BCUT2D eigenvalue weighted by Crippen LogP contribution is -1.99. The average molecular weight is 923 g/mol. The number of aromatic nitrogens is 20. The molecule has 12 heterocycles. The van der Waals surface area contributed by atoms with Crippen LogP contribution < -0.4 is 0 Å². The van der Waals surface area contributed by atoms with Gasteiger partial charge < -0.3 is 4.40 Å². The quantitative estimate of drug-likeness (QED) is 0.150. The lowest BCUT2D eigenvalue weighted by atomic mass is 10.2. The molecule has 0 unspecified atom stereocenters. The Labute approximate surface area is 397 Å². The fourth-order valence-corrected chi connectivity index (χ4v) is 7.86. The molecule has 0 aliphatic carbocycles. The molecule has 12 rings (SSSR count). The zero-order valence-corrected chi connectivity index (χ0v) is 39.3. The standard InChI is InChI=1S/C17H19N7.C16H16N6.C15H15N7.CH4/c1-10-5-6-11(2)23-16(10)19-14(21-23)7-8-15-20-17-13(4)18-9-12(3)24(17)22-15;1-11-9-17-12(2)16-19-14(20-22(11)16)7-6-13-10-21-8-4-3-5-15(21)18-13;1-10-9-16-11(2)15-18-13(20-22(10)15)7-6-12-17-14-5-3-4-8-21(14)19-12;/h5-6,9H,7-8H2,1-4H3;3-5,8-10H,6-7H2,1-2H3;3-5,8-9H,6-7H2,1-2H3;1H4. The predicted octanol–water partition coefficient (Wildman–Crippen LogP) is 6.57. The van der Waals surface area contributed by atoms with Crippen molar-refractivity contribution in [1.82, 2.24) is 97.3 Å². The highest BCUT2D eigenvalue weighted by atomic mass is 15.3. The molecule has 0 bridgehead atoms. The molecule has 0 aromatic carbocycles. The van der Waals surface area contributed by atoms with Gasteiger partial charge in [-0.1, -0.05) is 25.6 Å². The third kappa shape index (κ3) is 9.45. The van der Waals surface area contributed by atoms with Crippen LogP contribution in [-0.4, -0.2) is 97.3 Å². The molecule has 20 heteroatoms. The fraction of sp³-hybridized carbons (Fsp3) is 0.306. The molecule has 20 nitrogen and oxygen atoms in total. The minimum atomic E-state index is 0. The molecule has 0 aliphatic rings. The van der Waals surface area contributed by atoms with Gasteiger partial charge in [0.1, 0.15) is 5.65 Å². The third-order valence-corrected chi connectivity index (χ3v) is 11.6. The molecule has 0 spiro atoms. The smallest absolute Gasteiger partial charge is 0.177 e. The normalized spacial score (nSPS) is 11.4. The largest absolute Gasteiger partial charge is 0.307 e. The highest BCUT2D eigenvalue weighted by Gasteiger charge is 2.14. The maximum absolute atomic E-state index is 4.65. The SMILES string of the molecule is C.Cc1ccc(C)n2nc(CCc3nc4c(C)ncc(C)n4n3)nc12.Cc1ncc(C)n2nc(CCc3cn4ccccc4n3)nc12.Cc1ncc(C)n2nc(CCc3nc4ccccn4n3)nc12. The van der Waals surface area contributed by atoms with Crippen LogP contribution in [0.3, 0.4) is 0 Å². The number of hydrogen-bond donors (Lipinski definition) is 0. The van der Waals surface area contributed by atoms with Gasteiger partial charge in [0.05, 0.1) is 39.9 Å². The summed E-state index contributed by atoms with van der Waals surface area (Å²) in [4.78, 5) is 40.5. The lowest BCUT2D eigenvalue weighted by Gasteiger charge is -1.98. The molecule has 0 aliphatic heterocycles. The Balaban J connectivity index is 0.000000128. The number of imidazole rings is 1. The van der Waals surface area contributed by atoms with Crippen molar-refractivity contribution in [3.8, 4) is 0 Å². The van der Waals surface area contributed by atoms with E-state index >= 15 is 0 Å². The van der Waals surface area contributed by atoms with E-state index in [1.165, 1.54) is 0 Å². The predicted molar refractivity (Wildman–Crippen MR) is 260 cm³/mol. The van der Waals surface area contributed by atoms with Gasteiger partial charge in [0, 0.05) is 75.0 Å². The van der Waals surface area contributed by atoms with Gasteiger partial charge in [-0.15, -0.1) is 0 Å². The van der Waals surface area contributed by atoms with Crippen LogP contribution in [0.4, 0.5) is 0 Å². The summed E-state index contributed by atoms with van der Waals surface area (Å²) in [5.74, 6) is 4.03. The van der Waals surface area contributed by atoms with E-state index in [0.29, 0.717) is 25.7 Å². The van der Waals surface area contributed by atoms with Crippen molar-refractivity contribution in [1.29, 1.82) is 0 Å². The summed E-state index contributed by atoms with van der Waals surface area (Å²) in [5, 5.41) is 22.8. The summed E-state index contributed by atoms with van der Waals surface area (Å²) < 4.78 is 11.3. The summed E-state index contributed by atoms with van der Waals surface area (Å²) in [5.41, 5.74) is 14.1. The maximum atomic E-state index is 4.65. The van der Waals surface area contributed by atoms with E-state index < -0.39 is 0 Å². The van der Waals surface area contributed by atoms with Gasteiger partial charge in [-0.2, -0.15) is 25.5 Å². The molecule has 0 fully saturated rings. The fourth-order valence-electron chi connectivity index (χ4n) is 7.86. The molecule has 0 N–H and O–H groups in total. The number of fused-ring (bicyclic) bond motifs is 6. The van der Waals surface area contributed by atoms with Crippen molar-refractivity contribution in [3.63, 3.8) is 0 Å². The maximum Gasteiger partial charge on any atom is 0.177 e. The van der Waals surface area contributed by atoms with Crippen molar-refractivity contribution in [2.45, 2.75) is 101 Å². The number of pyridine rings is 3. The van der Waals surface area contributed by atoms with E-state index in [-0.39, 0.29) is 7.43 Å². The van der Waals surface area contributed by atoms with Crippen LogP contribution in [0.15, 0.2) is 85.7 Å². The van der Waals surface area contributed by atoms with Gasteiger partial charge in [0.25, 0.3) is 0 Å². The summed E-state index contributed by atoms with van der Waals surface area (Å²) in [7, 11) is 0. The topological polar surface area (TPSA) is 207 Å². The highest BCUT2D eigenvalue weighted by Crippen LogP contribution is 2.15. The molecular weight excluding hydrogens is 869 g/mol. The Hall–Kier alpha value is -8.42. The number of aryl methyl sites for hydroxylation is 14. The Morgan fingerprint density at radius 1 is 0.391 bits per heavy atom. The van der Waals surface area contributed by atoms with Crippen LogP contribution in [0.5, 0.6) is 0 Å². The second-order valence-electron chi connectivity index (χ2n) is 16.9. The first kappa shape index (κ1) is 45.7. The van der Waals surface area contributed by atoms with Crippen molar-refractivity contribution < 1.29 is 0 Å². The molecule has 0 saturated heterocycles. The van der Waals surface area contributed by atoms with Crippen LogP contribution in [0.2, 0.25) is 0 Å². The van der Waals surface area contributed by atoms with E-state index in [2.05, 4.69) is 95.6 Å². The minimum Gasteiger partial charge on any atom is -0.307 e. The molecule has 0 amide bonds. The zero-order chi connectivity index (χ0) is 47.1. The van der Waals surface area contributed by atoms with Crippen molar-refractivity contribution >= 4 is 33.9 Å². The molecule has 0 radical (unpaired) electrons. The Bertz CT molecular complexity index is 3300. The average Bonchev–Trinajstić information content (AvgIpc) is 4.21. The van der Waals surface area contributed by atoms with Crippen LogP contribution in [0.1, 0.15) is 87.7 Å². The first-order chi connectivity index (χ1) is 32.9. The van der Waals surface area contributed by atoms with E-state index in [0.717, 1.165) is 127 Å². The Morgan fingerprint density at radius 3 is 1.29 bits per heavy atom. The molecule has 12 aromatic heterocycles. The van der Waals surface area contributed by atoms with E-state index in [4.69, 9.17) is 0 Å². The third-order valence-electron chi connectivity index (χ3n) is 11.6. The summed E-state index contributed by atoms with van der Waals surface area (Å²) in [6, 6.07) is 16.0. The number of nitrogens with zero attached hydrogens (tertiary/aromatic N) is 20. The van der Waals surface area contributed by atoms with Crippen LogP contribution in [0, 0.1) is 55.4 Å². The van der Waals surface area contributed by atoms with E-state index in [1.807, 2.05) is 138 Å². The van der Waals surface area contributed by atoms with Crippen molar-refractivity contribution in [2.24, 2.45) is 0 Å². The van der Waals surface area contributed by atoms with Gasteiger partial charge in [0.2, 0.25) is 0 Å². The van der Waals surface area contributed by atoms with Crippen LogP contribution in [-0.2, 0) is 38.5 Å². The molecule has 0 atom stereocenters. The lowest BCUT2D eigenvalue weighted by molar-refractivity contribution is 0.777. The first-order valence-electron chi connectivity index (χ1n) is 22.5. The summed E-state index contributed by atoms with van der Waals surface area (Å²) in [6.07, 6.45) is 15.8. The molecular formula is C49H54N20. The zero-order valence-electron chi connectivity index (χ0n) is 39.3. The Kier molecular flexibility index (Phi) is 12.6.